The van der Waals surface area contributed by atoms with E-state index in [9.17, 15) is 10.1 Å². The van der Waals surface area contributed by atoms with Crippen LogP contribution in [-0.2, 0) is 0 Å². The van der Waals surface area contributed by atoms with Crippen molar-refractivity contribution in [1.29, 1.82) is 0 Å². The number of furan rings is 2. The van der Waals surface area contributed by atoms with Crippen molar-refractivity contribution in [3.63, 3.8) is 0 Å². The molecular weight excluding hydrogens is 442 g/mol. The summed E-state index contributed by atoms with van der Waals surface area (Å²) in [6.45, 7) is 0. The fraction of sp³-hybridized carbons (Fsp3) is 0. The van der Waals surface area contributed by atoms with E-state index in [1.165, 1.54) is 12.1 Å². The van der Waals surface area contributed by atoms with Crippen LogP contribution in [0, 0.1) is 10.1 Å². The molecule has 0 amide bonds. The van der Waals surface area contributed by atoms with Crippen molar-refractivity contribution in [2.75, 3.05) is 10.6 Å². The topological polar surface area (TPSA) is 119 Å². The van der Waals surface area contributed by atoms with Gasteiger partial charge >= 0.3 is 0 Å². The quantitative estimate of drug-likeness (QED) is 0.190. The summed E-state index contributed by atoms with van der Waals surface area (Å²) in [6.07, 6.45) is 3.16. The number of nitro groups is 1. The average Bonchev–Trinajstić information content (AvgIpc) is 3.53. The van der Waals surface area contributed by atoms with Crippen molar-refractivity contribution in [1.82, 2.24) is 9.97 Å². The summed E-state index contributed by atoms with van der Waals surface area (Å²) >= 11 is 5.37. The van der Waals surface area contributed by atoms with E-state index >= 15 is 0 Å². The first-order valence-electron chi connectivity index (χ1n) is 9.79. The Balaban J connectivity index is 1.42. The molecule has 0 aliphatic heterocycles. The zero-order valence-electron chi connectivity index (χ0n) is 16.9. The highest BCUT2D eigenvalue weighted by atomic mass is 32.1. The molecule has 0 saturated carbocycles. The smallest absolute Gasteiger partial charge is 0.269 e. The number of non-ortho nitro benzene ring substituents is 1. The van der Waals surface area contributed by atoms with Gasteiger partial charge in [-0.15, -0.1) is 0 Å². The van der Waals surface area contributed by atoms with Crippen LogP contribution in [0.4, 0.5) is 17.1 Å². The summed E-state index contributed by atoms with van der Waals surface area (Å²) in [7, 11) is 0. The first-order valence-corrected chi connectivity index (χ1v) is 10.2. The van der Waals surface area contributed by atoms with Gasteiger partial charge in [-0.25, -0.2) is 9.97 Å². The van der Waals surface area contributed by atoms with Crippen LogP contribution >= 0.6 is 12.2 Å². The van der Waals surface area contributed by atoms with Gasteiger partial charge in [0.2, 0.25) is 0 Å². The fourth-order valence-electron chi connectivity index (χ4n) is 3.26. The molecule has 0 radical (unpaired) electrons. The van der Waals surface area contributed by atoms with Gasteiger partial charge < -0.3 is 19.5 Å². The Kier molecular flexibility index (Phi) is 5.25. The molecule has 0 atom stereocenters. The molecule has 0 saturated heterocycles. The van der Waals surface area contributed by atoms with Gasteiger partial charge in [-0.1, -0.05) is 0 Å². The van der Waals surface area contributed by atoms with Crippen molar-refractivity contribution in [2.24, 2.45) is 0 Å². The maximum atomic E-state index is 10.8. The molecule has 2 N–H and O–H groups in total. The molecule has 5 aromatic rings. The third-order valence-corrected chi connectivity index (χ3v) is 4.97. The van der Waals surface area contributed by atoms with Crippen molar-refractivity contribution in [3.8, 4) is 22.9 Å². The van der Waals surface area contributed by atoms with E-state index in [1.807, 2.05) is 30.3 Å². The molecule has 3 aromatic heterocycles. The van der Waals surface area contributed by atoms with E-state index < -0.39 is 4.92 Å². The lowest BCUT2D eigenvalue weighted by molar-refractivity contribution is -0.384. The lowest BCUT2D eigenvalue weighted by Crippen LogP contribution is -2.19. The van der Waals surface area contributed by atoms with E-state index in [-0.39, 0.29) is 5.69 Å². The second-order valence-corrected chi connectivity index (χ2v) is 7.37. The number of anilines is 2. The third kappa shape index (κ3) is 4.27. The summed E-state index contributed by atoms with van der Waals surface area (Å²) < 4.78 is 11.1. The summed E-state index contributed by atoms with van der Waals surface area (Å²) in [5.74, 6) is 1.16. The van der Waals surface area contributed by atoms with Gasteiger partial charge in [-0.3, -0.25) is 10.1 Å². The number of hydrogen-bond acceptors (Lipinski definition) is 7. The monoisotopic (exact) mass is 457 g/mol. The van der Waals surface area contributed by atoms with Crippen LogP contribution in [0.15, 0.2) is 88.1 Å². The van der Waals surface area contributed by atoms with Gasteiger partial charge in [0.05, 0.1) is 28.5 Å². The third-order valence-electron chi connectivity index (χ3n) is 4.77. The molecule has 0 bridgehead atoms. The normalized spacial score (nSPS) is 10.8. The molecular formula is C23H15N5O4S. The lowest BCUT2D eigenvalue weighted by atomic mass is 10.1. The van der Waals surface area contributed by atoms with Gasteiger partial charge in [-0.05, 0) is 66.8 Å². The molecule has 33 heavy (non-hydrogen) atoms. The molecule has 0 fully saturated rings. The molecule has 0 unspecified atom stereocenters. The molecule has 162 valence electrons. The standard InChI is InChI=1S/C23H15N5O4S/c29-28(30)16-8-5-14(6-9-16)24-23(33)25-15-7-10-17-18(13-15)27-22(20-4-2-12-32-20)21(26-17)19-3-1-11-31-19/h1-13H,(H2,24,25,33). The predicted molar refractivity (Wildman–Crippen MR) is 128 cm³/mol. The maximum absolute atomic E-state index is 10.8. The number of aromatic nitrogens is 2. The number of thiocarbonyl (C=S) groups is 1. The molecule has 0 aliphatic carbocycles. The van der Waals surface area contributed by atoms with E-state index in [2.05, 4.69) is 10.6 Å². The van der Waals surface area contributed by atoms with Crippen LogP contribution in [0.3, 0.4) is 0 Å². The number of nitro benzene ring substituents is 1. The second-order valence-electron chi connectivity index (χ2n) is 6.96. The Morgan fingerprint density at radius 3 is 1.97 bits per heavy atom. The minimum Gasteiger partial charge on any atom is -0.463 e. The van der Waals surface area contributed by atoms with Crippen LogP contribution in [0.2, 0.25) is 0 Å². The number of nitrogens with one attached hydrogen (secondary N) is 2. The molecule has 3 heterocycles. The van der Waals surface area contributed by atoms with E-state index in [0.717, 1.165) is 0 Å². The number of nitrogens with zero attached hydrogens (tertiary/aromatic N) is 3. The zero-order valence-corrected chi connectivity index (χ0v) is 17.7. The van der Waals surface area contributed by atoms with Crippen LogP contribution in [0.5, 0.6) is 0 Å². The Morgan fingerprint density at radius 1 is 0.818 bits per heavy atom. The summed E-state index contributed by atoms with van der Waals surface area (Å²) in [4.78, 5) is 19.8. The van der Waals surface area contributed by atoms with Gasteiger partial charge in [-0.2, -0.15) is 0 Å². The van der Waals surface area contributed by atoms with Gasteiger partial charge in [0.15, 0.2) is 16.6 Å². The highest BCUT2D eigenvalue weighted by Gasteiger charge is 2.17. The molecule has 2 aromatic carbocycles. The highest BCUT2D eigenvalue weighted by Crippen LogP contribution is 2.32. The Labute approximate surface area is 192 Å². The molecule has 0 spiro atoms. The van der Waals surface area contributed by atoms with Crippen LogP contribution < -0.4 is 10.6 Å². The average molecular weight is 457 g/mol. The van der Waals surface area contributed by atoms with Crippen LogP contribution in [0.1, 0.15) is 0 Å². The van der Waals surface area contributed by atoms with E-state index in [0.29, 0.717) is 50.4 Å². The second kappa shape index (κ2) is 8.52. The summed E-state index contributed by atoms with van der Waals surface area (Å²) in [6, 6.07) is 18.7. The minimum absolute atomic E-state index is 0.00816. The van der Waals surface area contributed by atoms with Crippen molar-refractivity contribution in [2.45, 2.75) is 0 Å². The molecule has 0 aliphatic rings. The predicted octanol–water partition coefficient (Wildman–Crippen LogP) is 5.87. The number of fused-ring (bicyclic) bond motifs is 1. The number of rotatable bonds is 5. The largest absolute Gasteiger partial charge is 0.463 e. The lowest BCUT2D eigenvalue weighted by Gasteiger charge is -2.12. The molecule has 5 rings (SSSR count). The summed E-state index contributed by atoms with van der Waals surface area (Å²) in [5, 5.41) is 17.2. The van der Waals surface area contributed by atoms with Gasteiger partial charge in [0, 0.05) is 23.5 Å². The van der Waals surface area contributed by atoms with E-state index in [1.54, 1.807) is 36.8 Å². The minimum atomic E-state index is -0.454. The highest BCUT2D eigenvalue weighted by molar-refractivity contribution is 7.80. The Morgan fingerprint density at radius 2 is 1.39 bits per heavy atom. The van der Waals surface area contributed by atoms with E-state index in [4.69, 9.17) is 31.0 Å². The number of hydrogen-bond donors (Lipinski definition) is 2. The molecule has 9 nitrogen and oxygen atoms in total. The van der Waals surface area contributed by atoms with Crippen molar-refractivity contribution < 1.29 is 13.8 Å². The Bertz CT molecular complexity index is 1450. The first kappa shape index (κ1) is 20.3. The van der Waals surface area contributed by atoms with Gasteiger partial charge in [0.1, 0.15) is 11.4 Å². The first-order chi connectivity index (χ1) is 16.1. The van der Waals surface area contributed by atoms with Crippen LogP contribution in [0.25, 0.3) is 33.9 Å². The van der Waals surface area contributed by atoms with Crippen molar-refractivity contribution in [3.05, 3.63) is 89.4 Å². The van der Waals surface area contributed by atoms with Crippen LogP contribution in [-0.4, -0.2) is 20.0 Å². The SMILES string of the molecule is O=[N+]([O-])c1ccc(NC(=S)Nc2ccc3nc(-c4ccco4)c(-c4ccco4)nc3c2)cc1. The Hall–Kier alpha value is -4.57. The van der Waals surface area contributed by atoms with Gasteiger partial charge in [0.25, 0.3) is 5.69 Å². The number of benzene rings is 2. The summed E-state index contributed by atoms with van der Waals surface area (Å²) in [5.41, 5.74) is 3.80. The zero-order chi connectivity index (χ0) is 22.8. The van der Waals surface area contributed by atoms with Crippen molar-refractivity contribution >= 4 is 45.4 Å². The maximum Gasteiger partial charge on any atom is 0.269 e. The fourth-order valence-corrected chi connectivity index (χ4v) is 3.50. The molecule has 10 heteroatoms.